The maximum Gasteiger partial charge on any atom is 0.420 e. The van der Waals surface area contributed by atoms with E-state index in [2.05, 4.69) is 9.97 Å². The number of rotatable bonds is 2. The van der Waals surface area contributed by atoms with Gasteiger partial charge in [-0.15, -0.1) is 0 Å². The number of aromatic nitrogens is 2. The third-order valence-electron chi connectivity index (χ3n) is 2.44. The van der Waals surface area contributed by atoms with E-state index in [1.807, 2.05) is 18.2 Å². The van der Waals surface area contributed by atoms with Gasteiger partial charge in [0, 0.05) is 6.07 Å². The molecule has 21 heavy (non-hydrogen) atoms. The molecular weight excluding hydrogens is 290 g/mol. The van der Waals surface area contributed by atoms with E-state index in [9.17, 15) is 4.79 Å². The van der Waals surface area contributed by atoms with Crippen molar-refractivity contribution in [2.75, 3.05) is 4.90 Å². The van der Waals surface area contributed by atoms with Gasteiger partial charge in [-0.2, -0.15) is 0 Å². The highest BCUT2D eigenvalue weighted by Gasteiger charge is 2.25. The highest BCUT2D eigenvalue weighted by atomic mass is 35.5. The number of halogens is 1. The van der Waals surface area contributed by atoms with E-state index in [1.165, 1.54) is 17.3 Å². The number of benzene rings is 1. The van der Waals surface area contributed by atoms with Crippen LogP contribution in [0.3, 0.4) is 0 Å². The highest BCUT2D eigenvalue weighted by Crippen LogP contribution is 2.26. The Labute approximate surface area is 128 Å². The number of carbonyl (C=O) groups is 1. The highest BCUT2D eigenvalue weighted by molar-refractivity contribution is 6.29. The lowest BCUT2D eigenvalue weighted by Gasteiger charge is -2.26. The van der Waals surface area contributed by atoms with E-state index in [1.54, 1.807) is 32.9 Å². The Morgan fingerprint density at radius 3 is 2.43 bits per heavy atom. The fourth-order valence-electron chi connectivity index (χ4n) is 1.66. The third-order valence-corrected chi connectivity index (χ3v) is 2.65. The van der Waals surface area contributed by atoms with Crippen molar-refractivity contribution < 1.29 is 9.53 Å². The molecule has 0 spiro atoms. The molecule has 0 bridgehead atoms. The second kappa shape index (κ2) is 6.10. The predicted molar refractivity (Wildman–Crippen MR) is 81.9 cm³/mol. The summed E-state index contributed by atoms with van der Waals surface area (Å²) in [5.74, 6) is 0.357. The van der Waals surface area contributed by atoms with Gasteiger partial charge in [0.1, 0.15) is 22.9 Å². The number of hydrogen-bond donors (Lipinski definition) is 0. The van der Waals surface area contributed by atoms with Crippen molar-refractivity contribution in [3.63, 3.8) is 0 Å². The molecule has 6 heteroatoms. The first kappa shape index (κ1) is 15.3. The minimum absolute atomic E-state index is 0.254. The molecule has 1 heterocycles. The van der Waals surface area contributed by atoms with Gasteiger partial charge in [-0.1, -0.05) is 29.8 Å². The molecule has 0 aliphatic heterocycles. The van der Waals surface area contributed by atoms with Crippen molar-refractivity contribution in [3.8, 4) is 0 Å². The molecule has 0 aliphatic carbocycles. The summed E-state index contributed by atoms with van der Waals surface area (Å²) in [6.45, 7) is 5.42. The van der Waals surface area contributed by atoms with E-state index in [-0.39, 0.29) is 5.15 Å². The van der Waals surface area contributed by atoms with Gasteiger partial charge in [0.2, 0.25) is 0 Å². The van der Waals surface area contributed by atoms with Gasteiger partial charge in [-0.3, -0.25) is 0 Å². The number of hydrogen-bond acceptors (Lipinski definition) is 4. The summed E-state index contributed by atoms with van der Waals surface area (Å²) in [7, 11) is 0. The summed E-state index contributed by atoms with van der Waals surface area (Å²) < 4.78 is 5.43. The molecule has 0 N–H and O–H groups in total. The molecule has 2 rings (SSSR count). The summed E-state index contributed by atoms with van der Waals surface area (Å²) in [5, 5.41) is 0.254. The molecule has 0 fully saturated rings. The zero-order chi connectivity index (χ0) is 15.5. The van der Waals surface area contributed by atoms with Crippen LogP contribution in [-0.2, 0) is 4.74 Å². The number of nitrogens with zero attached hydrogens (tertiary/aromatic N) is 3. The lowest BCUT2D eigenvalue weighted by atomic mass is 10.2. The predicted octanol–water partition coefficient (Wildman–Crippen LogP) is 4.20. The van der Waals surface area contributed by atoms with E-state index >= 15 is 0 Å². The maximum atomic E-state index is 12.5. The van der Waals surface area contributed by atoms with Crippen LogP contribution in [0.4, 0.5) is 16.3 Å². The summed E-state index contributed by atoms with van der Waals surface area (Å²) >= 11 is 5.88. The van der Waals surface area contributed by atoms with Crippen molar-refractivity contribution in [2.24, 2.45) is 0 Å². The van der Waals surface area contributed by atoms with Crippen LogP contribution in [0.25, 0.3) is 0 Å². The standard InChI is InChI=1S/C15H16ClN3O2/c1-15(2,3)21-14(20)19(11-7-5-4-6-8-11)13-9-12(16)17-10-18-13/h4-10H,1-3H3. The first-order valence-electron chi connectivity index (χ1n) is 6.42. The molecule has 5 nitrogen and oxygen atoms in total. The number of ether oxygens (including phenoxy) is 1. The van der Waals surface area contributed by atoms with Crippen LogP contribution in [0, 0.1) is 0 Å². The van der Waals surface area contributed by atoms with Crippen LogP contribution in [0.5, 0.6) is 0 Å². The number of anilines is 2. The van der Waals surface area contributed by atoms with Gasteiger partial charge in [0.25, 0.3) is 0 Å². The largest absolute Gasteiger partial charge is 0.443 e. The molecule has 1 aromatic heterocycles. The van der Waals surface area contributed by atoms with Gasteiger partial charge >= 0.3 is 6.09 Å². The topological polar surface area (TPSA) is 55.3 Å². The summed E-state index contributed by atoms with van der Waals surface area (Å²) in [6, 6.07) is 10.6. The first-order valence-corrected chi connectivity index (χ1v) is 6.80. The Morgan fingerprint density at radius 2 is 1.86 bits per heavy atom. The van der Waals surface area contributed by atoms with E-state index in [4.69, 9.17) is 16.3 Å². The zero-order valence-corrected chi connectivity index (χ0v) is 12.8. The van der Waals surface area contributed by atoms with Gasteiger partial charge in [0.05, 0.1) is 5.69 Å². The minimum atomic E-state index is -0.610. The fraction of sp³-hybridized carbons (Fsp3) is 0.267. The van der Waals surface area contributed by atoms with Crippen LogP contribution in [0.15, 0.2) is 42.7 Å². The number of para-hydroxylation sites is 1. The second-order valence-electron chi connectivity index (χ2n) is 5.35. The summed E-state index contributed by atoms with van der Waals surface area (Å²) in [4.78, 5) is 21.8. The van der Waals surface area contributed by atoms with Gasteiger partial charge in [-0.05, 0) is 32.9 Å². The Balaban J connectivity index is 2.43. The van der Waals surface area contributed by atoms with E-state index in [0.717, 1.165) is 0 Å². The number of carbonyl (C=O) groups excluding carboxylic acids is 1. The Bertz CT molecular complexity index is 626. The Morgan fingerprint density at radius 1 is 1.19 bits per heavy atom. The number of amides is 1. The average Bonchev–Trinajstić information content (AvgIpc) is 2.38. The smallest absolute Gasteiger partial charge is 0.420 e. The van der Waals surface area contributed by atoms with Crippen molar-refractivity contribution in [2.45, 2.75) is 26.4 Å². The van der Waals surface area contributed by atoms with Crippen LogP contribution in [0.2, 0.25) is 5.15 Å². The minimum Gasteiger partial charge on any atom is -0.443 e. The molecule has 2 aromatic rings. The summed E-state index contributed by atoms with van der Waals surface area (Å²) in [5.41, 5.74) is 0.0301. The van der Waals surface area contributed by atoms with E-state index < -0.39 is 11.7 Å². The van der Waals surface area contributed by atoms with Crippen LogP contribution in [0.1, 0.15) is 20.8 Å². The van der Waals surface area contributed by atoms with Crippen molar-refractivity contribution in [1.82, 2.24) is 9.97 Å². The lowest BCUT2D eigenvalue weighted by molar-refractivity contribution is 0.0598. The molecular formula is C15H16ClN3O2. The molecule has 0 saturated heterocycles. The molecule has 0 aliphatic rings. The van der Waals surface area contributed by atoms with Gasteiger partial charge < -0.3 is 4.74 Å². The van der Waals surface area contributed by atoms with Crippen molar-refractivity contribution >= 4 is 29.2 Å². The van der Waals surface area contributed by atoms with Crippen LogP contribution in [-0.4, -0.2) is 21.7 Å². The summed E-state index contributed by atoms with van der Waals surface area (Å²) in [6.07, 6.45) is 0.779. The molecule has 0 radical (unpaired) electrons. The molecule has 0 saturated carbocycles. The maximum absolute atomic E-state index is 12.5. The molecule has 0 atom stereocenters. The SMILES string of the molecule is CC(C)(C)OC(=O)N(c1ccccc1)c1cc(Cl)ncn1. The quantitative estimate of drug-likeness (QED) is 0.780. The normalized spacial score (nSPS) is 11.0. The molecule has 1 aromatic carbocycles. The zero-order valence-electron chi connectivity index (χ0n) is 12.1. The van der Waals surface area contributed by atoms with Gasteiger partial charge in [-0.25, -0.2) is 19.7 Å². The average molecular weight is 306 g/mol. The van der Waals surface area contributed by atoms with Crippen LogP contribution >= 0.6 is 11.6 Å². The van der Waals surface area contributed by atoms with Crippen LogP contribution < -0.4 is 4.90 Å². The molecule has 110 valence electrons. The van der Waals surface area contributed by atoms with Crippen molar-refractivity contribution in [1.29, 1.82) is 0 Å². The molecule has 1 amide bonds. The van der Waals surface area contributed by atoms with Gasteiger partial charge in [0.15, 0.2) is 0 Å². The van der Waals surface area contributed by atoms with E-state index in [0.29, 0.717) is 11.5 Å². The molecule has 0 unspecified atom stereocenters. The lowest BCUT2D eigenvalue weighted by Crippen LogP contribution is -2.34. The van der Waals surface area contributed by atoms with Crippen molar-refractivity contribution in [3.05, 3.63) is 47.9 Å². The first-order chi connectivity index (χ1) is 9.87. The third kappa shape index (κ3) is 4.16. The fourth-order valence-corrected chi connectivity index (χ4v) is 1.80. The monoisotopic (exact) mass is 305 g/mol. The second-order valence-corrected chi connectivity index (χ2v) is 5.74. The Kier molecular flexibility index (Phi) is 4.43. The Hall–Kier alpha value is -2.14.